The molecule has 0 aliphatic rings. The van der Waals surface area contributed by atoms with Crippen LogP contribution in [0.15, 0.2) is 18.2 Å². The molecule has 0 saturated carbocycles. The molecular weight excluding hydrogens is 248 g/mol. The first-order valence-electron chi connectivity index (χ1n) is 5.81. The second-order valence-corrected chi connectivity index (χ2v) is 4.63. The highest BCUT2D eigenvalue weighted by Crippen LogP contribution is 2.17. The van der Waals surface area contributed by atoms with E-state index < -0.39 is 17.6 Å². The molecule has 6 nitrogen and oxygen atoms in total. The smallest absolute Gasteiger partial charge is 0.337 e. The molecule has 0 aromatic heterocycles. The number of urea groups is 1. The van der Waals surface area contributed by atoms with Gasteiger partial charge >= 0.3 is 12.0 Å². The van der Waals surface area contributed by atoms with Gasteiger partial charge < -0.3 is 20.8 Å². The summed E-state index contributed by atoms with van der Waals surface area (Å²) in [5, 5.41) is 23.1. The molecule has 0 spiro atoms. The minimum absolute atomic E-state index is 0.376. The second kappa shape index (κ2) is 5.71. The molecule has 2 amide bonds. The molecule has 0 heterocycles. The molecule has 0 radical (unpaired) electrons. The van der Waals surface area contributed by atoms with Crippen molar-refractivity contribution in [2.75, 3.05) is 11.9 Å². The van der Waals surface area contributed by atoms with E-state index in [0.717, 1.165) is 18.1 Å². The third-order valence-electron chi connectivity index (χ3n) is 2.91. The summed E-state index contributed by atoms with van der Waals surface area (Å²) in [4.78, 5) is 22.3. The molecule has 1 aromatic rings. The van der Waals surface area contributed by atoms with E-state index in [0.29, 0.717) is 5.69 Å². The lowest BCUT2D eigenvalue weighted by Crippen LogP contribution is -2.47. The van der Waals surface area contributed by atoms with Crippen LogP contribution in [0.2, 0.25) is 0 Å². The zero-order chi connectivity index (χ0) is 14.6. The Morgan fingerprint density at radius 2 is 1.95 bits per heavy atom. The van der Waals surface area contributed by atoms with E-state index in [1.54, 1.807) is 6.07 Å². The number of carbonyl (C=O) groups excluding carboxylic acids is 1. The molecule has 4 N–H and O–H groups in total. The lowest BCUT2D eigenvalue weighted by Gasteiger charge is -2.19. The maximum atomic E-state index is 11.6. The van der Waals surface area contributed by atoms with Crippen molar-refractivity contribution in [1.82, 2.24) is 5.32 Å². The van der Waals surface area contributed by atoms with E-state index in [-0.39, 0.29) is 6.54 Å². The van der Waals surface area contributed by atoms with Crippen LogP contribution in [-0.4, -0.2) is 34.4 Å². The van der Waals surface area contributed by atoms with Gasteiger partial charge in [0, 0.05) is 5.69 Å². The molecule has 19 heavy (non-hydrogen) atoms. The first-order chi connectivity index (χ1) is 8.74. The number of carboxylic acids is 1. The lowest BCUT2D eigenvalue weighted by molar-refractivity contribution is -0.155. The summed E-state index contributed by atoms with van der Waals surface area (Å²) in [6, 6.07) is 4.92. The summed E-state index contributed by atoms with van der Waals surface area (Å²) < 4.78 is 0. The second-order valence-electron chi connectivity index (χ2n) is 4.63. The van der Waals surface area contributed by atoms with Gasteiger partial charge in [-0.1, -0.05) is 12.1 Å². The maximum Gasteiger partial charge on any atom is 0.337 e. The monoisotopic (exact) mass is 266 g/mol. The number of anilines is 1. The van der Waals surface area contributed by atoms with E-state index in [9.17, 15) is 14.7 Å². The van der Waals surface area contributed by atoms with Gasteiger partial charge in [-0.15, -0.1) is 0 Å². The molecule has 0 fully saturated rings. The Labute approximate surface area is 111 Å². The molecule has 0 aliphatic heterocycles. The molecule has 1 atom stereocenters. The summed E-state index contributed by atoms with van der Waals surface area (Å²) in [6.45, 7) is 4.54. The predicted molar refractivity (Wildman–Crippen MR) is 71.2 cm³/mol. The summed E-state index contributed by atoms with van der Waals surface area (Å²) in [6.07, 6.45) is 0. The molecule has 6 heteroatoms. The number of carboxylic acid groups (broad SMARTS) is 1. The highest BCUT2D eigenvalue weighted by molar-refractivity contribution is 5.90. The van der Waals surface area contributed by atoms with Crippen molar-refractivity contribution in [1.29, 1.82) is 0 Å². The molecule has 0 aliphatic carbocycles. The van der Waals surface area contributed by atoms with Gasteiger partial charge in [0.05, 0.1) is 6.54 Å². The molecule has 104 valence electrons. The fourth-order valence-corrected chi connectivity index (χ4v) is 1.38. The van der Waals surface area contributed by atoms with E-state index >= 15 is 0 Å². The van der Waals surface area contributed by atoms with Crippen LogP contribution < -0.4 is 10.6 Å². The number of aliphatic carboxylic acids is 1. The Kier molecular flexibility index (Phi) is 4.50. The van der Waals surface area contributed by atoms with Crippen molar-refractivity contribution in [2.24, 2.45) is 0 Å². The number of amides is 2. The Balaban J connectivity index is 2.62. The van der Waals surface area contributed by atoms with E-state index in [4.69, 9.17) is 5.11 Å². The number of benzene rings is 1. The van der Waals surface area contributed by atoms with Crippen molar-refractivity contribution in [2.45, 2.75) is 26.4 Å². The van der Waals surface area contributed by atoms with Gasteiger partial charge in [-0.25, -0.2) is 9.59 Å². The molecule has 0 saturated heterocycles. The topological polar surface area (TPSA) is 98.7 Å². The third-order valence-corrected chi connectivity index (χ3v) is 2.91. The van der Waals surface area contributed by atoms with Gasteiger partial charge in [-0.05, 0) is 38.0 Å². The minimum atomic E-state index is -1.99. The number of aryl methyl sites for hydroxylation is 1. The normalized spacial score (nSPS) is 13.5. The van der Waals surface area contributed by atoms with E-state index in [1.807, 2.05) is 26.0 Å². The van der Waals surface area contributed by atoms with Gasteiger partial charge in [0.15, 0.2) is 5.60 Å². The summed E-state index contributed by atoms with van der Waals surface area (Å²) in [5.41, 5.74) is 0.629. The third kappa shape index (κ3) is 3.96. The summed E-state index contributed by atoms with van der Waals surface area (Å²) >= 11 is 0. The average molecular weight is 266 g/mol. The van der Waals surface area contributed by atoms with Gasteiger partial charge in [-0.2, -0.15) is 0 Å². The molecular formula is C13H18N2O4. The van der Waals surface area contributed by atoms with Crippen molar-refractivity contribution in [3.63, 3.8) is 0 Å². The molecule has 1 aromatic carbocycles. The van der Waals surface area contributed by atoms with Crippen LogP contribution in [0, 0.1) is 13.8 Å². The van der Waals surface area contributed by atoms with Gasteiger partial charge in [0.25, 0.3) is 0 Å². The van der Waals surface area contributed by atoms with E-state index in [2.05, 4.69) is 10.6 Å². The molecule has 1 rings (SSSR count). The van der Waals surface area contributed by atoms with Crippen LogP contribution in [0.1, 0.15) is 18.1 Å². The van der Waals surface area contributed by atoms with Crippen LogP contribution in [0.4, 0.5) is 10.5 Å². The van der Waals surface area contributed by atoms with Crippen LogP contribution in [-0.2, 0) is 4.79 Å². The SMILES string of the molecule is Cc1cccc(NC(=O)NCC(C)(O)C(=O)O)c1C. The fraction of sp³-hybridized carbons (Fsp3) is 0.385. The number of rotatable bonds is 4. The zero-order valence-electron chi connectivity index (χ0n) is 11.2. The van der Waals surface area contributed by atoms with Gasteiger partial charge in [0.1, 0.15) is 0 Å². The Bertz CT molecular complexity index is 497. The van der Waals surface area contributed by atoms with Crippen LogP contribution in [0.3, 0.4) is 0 Å². The number of nitrogens with one attached hydrogen (secondary N) is 2. The Hall–Kier alpha value is -2.08. The van der Waals surface area contributed by atoms with Crippen molar-refractivity contribution in [3.8, 4) is 0 Å². The van der Waals surface area contributed by atoms with Gasteiger partial charge in [0.2, 0.25) is 0 Å². The largest absolute Gasteiger partial charge is 0.479 e. The average Bonchev–Trinajstić information content (AvgIpc) is 2.32. The Morgan fingerprint density at radius 1 is 1.32 bits per heavy atom. The fourth-order valence-electron chi connectivity index (χ4n) is 1.38. The maximum absolute atomic E-state index is 11.6. The minimum Gasteiger partial charge on any atom is -0.479 e. The quantitative estimate of drug-likeness (QED) is 0.659. The molecule has 1 unspecified atom stereocenters. The summed E-state index contributed by atoms with van der Waals surface area (Å²) in [7, 11) is 0. The predicted octanol–water partition coefficient (Wildman–Crippen LogP) is 1.26. The highest BCUT2D eigenvalue weighted by Gasteiger charge is 2.30. The lowest BCUT2D eigenvalue weighted by atomic mass is 10.1. The highest BCUT2D eigenvalue weighted by atomic mass is 16.4. The van der Waals surface area contributed by atoms with E-state index in [1.165, 1.54) is 0 Å². The standard InChI is InChI=1S/C13H18N2O4/c1-8-5-4-6-10(9(8)2)15-12(18)14-7-13(3,19)11(16)17/h4-6,19H,7H2,1-3H3,(H,16,17)(H2,14,15,18). The van der Waals surface area contributed by atoms with Crippen LogP contribution >= 0.6 is 0 Å². The van der Waals surface area contributed by atoms with Crippen LogP contribution in [0.25, 0.3) is 0 Å². The van der Waals surface area contributed by atoms with Crippen molar-refractivity contribution in [3.05, 3.63) is 29.3 Å². The first-order valence-corrected chi connectivity index (χ1v) is 5.81. The summed E-state index contributed by atoms with van der Waals surface area (Å²) in [5.74, 6) is -1.39. The number of aliphatic hydroxyl groups is 1. The number of hydrogen-bond acceptors (Lipinski definition) is 3. The molecule has 0 bridgehead atoms. The number of hydrogen-bond donors (Lipinski definition) is 4. The van der Waals surface area contributed by atoms with Gasteiger partial charge in [-0.3, -0.25) is 0 Å². The number of carbonyl (C=O) groups is 2. The first kappa shape index (κ1) is 15.0. The Morgan fingerprint density at radius 3 is 2.53 bits per heavy atom. The van der Waals surface area contributed by atoms with Crippen molar-refractivity contribution >= 4 is 17.7 Å². The van der Waals surface area contributed by atoms with Crippen LogP contribution in [0.5, 0.6) is 0 Å². The zero-order valence-corrected chi connectivity index (χ0v) is 11.2. The van der Waals surface area contributed by atoms with Crippen molar-refractivity contribution < 1.29 is 19.8 Å².